The molecular weight excluding hydrogens is 458 g/mol. The van der Waals surface area contributed by atoms with Gasteiger partial charge in [-0.05, 0) is 66.2 Å². The number of ketones is 1. The monoisotopic (exact) mass is 489 g/mol. The van der Waals surface area contributed by atoms with Gasteiger partial charge in [0.05, 0.1) is 28.4 Å². The van der Waals surface area contributed by atoms with Crippen LogP contribution in [0.3, 0.4) is 0 Å². The third-order valence-electron chi connectivity index (χ3n) is 9.38. The Morgan fingerprint density at radius 1 is 0.649 bits per heavy atom. The number of hydrogen-bond acceptors (Lipinski definition) is 3. The number of allylic oxidation sites excluding steroid dienone is 2. The van der Waals surface area contributed by atoms with Gasteiger partial charge in [-0.1, -0.05) is 86.6 Å². The number of rotatable bonds is 5. The molecule has 37 heavy (non-hydrogen) atoms. The van der Waals surface area contributed by atoms with E-state index in [1.807, 2.05) is 107 Å². The minimum Gasteiger partial charge on any atom is -0.298 e. The highest BCUT2D eigenvalue weighted by Crippen LogP contribution is 2.75. The van der Waals surface area contributed by atoms with E-state index in [0.717, 1.165) is 33.4 Å². The highest BCUT2D eigenvalue weighted by molar-refractivity contribution is 6.34. The number of carbonyl (C=O) groups excluding carboxylic acids is 3. The van der Waals surface area contributed by atoms with Crippen molar-refractivity contribution in [3.63, 3.8) is 0 Å². The average molecular weight is 490 g/mol. The van der Waals surface area contributed by atoms with E-state index in [1.54, 1.807) is 0 Å². The van der Waals surface area contributed by atoms with Gasteiger partial charge < -0.3 is 0 Å². The van der Waals surface area contributed by atoms with E-state index in [9.17, 15) is 14.4 Å². The molecule has 1 saturated heterocycles. The average Bonchev–Trinajstić information content (AvgIpc) is 3.42. The summed E-state index contributed by atoms with van der Waals surface area (Å²) in [6.07, 6.45) is 0.934. The largest absolute Gasteiger partial charge is 0.298 e. The molecule has 4 atom stereocenters. The zero-order valence-corrected chi connectivity index (χ0v) is 21.7. The summed E-state index contributed by atoms with van der Waals surface area (Å²) in [4.78, 5) is 44.9. The molecule has 2 fully saturated rings. The number of nitrogens with zero attached hydrogens (tertiary/aromatic N) is 1. The van der Waals surface area contributed by atoms with Gasteiger partial charge in [-0.2, -0.15) is 0 Å². The smallest absolute Gasteiger partial charge is 0.239 e. The molecule has 3 aromatic rings. The number of imide groups is 1. The van der Waals surface area contributed by atoms with Gasteiger partial charge in [-0.25, -0.2) is 4.90 Å². The Kier molecular flexibility index (Phi) is 5.17. The van der Waals surface area contributed by atoms with Crippen LogP contribution in [0.25, 0.3) is 11.1 Å². The minimum atomic E-state index is -1.05. The SMILES string of the molecule is CC[C@]12C(=O)[C@](CC)(C(c3ccccc3)=C1c1ccccc1)[C@@H]1C(=O)N(c3cccc(C)c3C)C(=O)[C@H]12. The fourth-order valence-corrected chi connectivity index (χ4v) is 7.67. The second-order valence-corrected chi connectivity index (χ2v) is 10.6. The maximum atomic E-state index is 14.7. The van der Waals surface area contributed by atoms with Gasteiger partial charge >= 0.3 is 0 Å². The van der Waals surface area contributed by atoms with Crippen LogP contribution in [0.15, 0.2) is 78.9 Å². The van der Waals surface area contributed by atoms with Gasteiger partial charge in [0.15, 0.2) is 5.78 Å². The minimum absolute atomic E-state index is 0.0417. The lowest BCUT2D eigenvalue weighted by Gasteiger charge is -2.38. The van der Waals surface area contributed by atoms with Crippen LogP contribution in [0, 0.1) is 36.5 Å². The van der Waals surface area contributed by atoms with Crippen LogP contribution in [-0.2, 0) is 14.4 Å². The summed E-state index contributed by atoms with van der Waals surface area (Å²) in [7, 11) is 0. The van der Waals surface area contributed by atoms with Crippen LogP contribution in [0.4, 0.5) is 5.69 Å². The number of amides is 2. The first-order chi connectivity index (χ1) is 17.9. The van der Waals surface area contributed by atoms with Gasteiger partial charge in [0, 0.05) is 0 Å². The van der Waals surface area contributed by atoms with Crippen molar-refractivity contribution in [3.05, 3.63) is 101 Å². The van der Waals surface area contributed by atoms with Crippen molar-refractivity contribution in [2.45, 2.75) is 40.5 Å². The summed E-state index contributed by atoms with van der Waals surface area (Å²) in [5, 5.41) is 0. The summed E-state index contributed by atoms with van der Waals surface area (Å²) in [6.45, 7) is 7.93. The Labute approximate surface area is 218 Å². The third kappa shape index (κ3) is 2.71. The highest BCUT2D eigenvalue weighted by Gasteiger charge is 2.80. The van der Waals surface area contributed by atoms with Crippen molar-refractivity contribution in [1.82, 2.24) is 0 Å². The quantitative estimate of drug-likeness (QED) is 0.389. The second-order valence-electron chi connectivity index (χ2n) is 10.6. The van der Waals surface area contributed by atoms with Crippen molar-refractivity contribution >= 4 is 34.4 Å². The summed E-state index contributed by atoms with van der Waals surface area (Å²) in [5.74, 6) is -1.86. The maximum absolute atomic E-state index is 14.7. The molecule has 0 unspecified atom stereocenters. The normalized spacial score (nSPS) is 28.4. The van der Waals surface area contributed by atoms with Crippen LogP contribution < -0.4 is 4.90 Å². The van der Waals surface area contributed by atoms with Crippen molar-refractivity contribution in [2.75, 3.05) is 4.90 Å². The van der Waals surface area contributed by atoms with Crippen LogP contribution >= 0.6 is 0 Å². The van der Waals surface area contributed by atoms with Crippen molar-refractivity contribution in [3.8, 4) is 0 Å². The van der Waals surface area contributed by atoms with E-state index in [2.05, 4.69) is 0 Å². The lowest BCUT2D eigenvalue weighted by Crippen LogP contribution is -2.42. The number of hydrogen-bond donors (Lipinski definition) is 0. The maximum Gasteiger partial charge on any atom is 0.239 e. The number of aryl methyl sites for hydroxylation is 1. The van der Waals surface area contributed by atoms with E-state index in [-0.39, 0.29) is 17.6 Å². The summed E-state index contributed by atoms with van der Waals surface area (Å²) in [6, 6.07) is 25.7. The first kappa shape index (κ1) is 23.6. The van der Waals surface area contributed by atoms with E-state index in [0.29, 0.717) is 18.5 Å². The molecule has 186 valence electrons. The number of anilines is 1. The Morgan fingerprint density at radius 2 is 1.11 bits per heavy atom. The van der Waals surface area contributed by atoms with Crippen LogP contribution in [0.5, 0.6) is 0 Å². The molecule has 0 radical (unpaired) electrons. The molecule has 3 aromatic carbocycles. The van der Waals surface area contributed by atoms with E-state index < -0.39 is 22.7 Å². The molecule has 0 N–H and O–H groups in total. The van der Waals surface area contributed by atoms with Gasteiger partial charge in [-0.15, -0.1) is 0 Å². The van der Waals surface area contributed by atoms with Gasteiger partial charge in [0.1, 0.15) is 0 Å². The highest BCUT2D eigenvalue weighted by atomic mass is 16.2. The van der Waals surface area contributed by atoms with Crippen LogP contribution in [0.1, 0.15) is 48.9 Å². The molecule has 4 nitrogen and oxygen atoms in total. The zero-order chi connectivity index (χ0) is 26.1. The van der Waals surface area contributed by atoms with Crippen LogP contribution in [-0.4, -0.2) is 17.6 Å². The first-order valence-electron chi connectivity index (χ1n) is 13.2. The molecule has 1 heterocycles. The van der Waals surface area contributed by atoms with Crippen molar-refractivity contribution in [1.29, 1.82) is 0 Å². The van der Waals surface area contributed by atoms with Gasteiger partial charge in [0.25, 0.3) is 0 Å². The van der Waals surface area contributed by atoms with Gasteiger partial charge in [0.2, 0.25) is 11.8 Å². The van der Waals surface area contributed by atoms with E-state index in [4.69, 9.17) is 0 Å². The molecule has 0 aromatic heterocycles. The molecular formula is C33H31NO3. The Balaban J connectivity index is 1.68. The zero-order valence-electron chi connectivity index (χ0n) is 21.7. The standard InChI is InChI=1S/C33H31NO3/c1-5-32-25(22-15-9-7-10-16-22)26(23-17-11-8-12-18-23)33(6-2,31(32)37)28-27(32)29(35)34(30(28)36)24-19-13-14-20(3)21(24)4/h7-19,27-28H,5-6H2,1-4H3/t27-,28-,32-,33+/m0/s1. The third-order valence-corrected chi connectivity index (χ3v) is 9.38. The lowest BCUT2D eigenvalue weighted by atomic mass is 9.60. The molecule has 2 bridgehead atoms. The molecule has 0 spiro atoms. The topological polar surface area (TPSA) is 54.5 Å². The number of fused-ring (bicyclic) bond motifs is 5. The molecule has 1 saturated carbocycles. The van der Waals surface area contributed by atoms with Gasteiger partial charge in [-0.3, -0.25) is 14.4 Å². The Hall–Kier alpha value is -3.79. The molecule has 3 aliphatic rings. The molecule has 6 rings (SSSR count). The summed E-state index contributed by atoms with van der Waals surface area (Å²) >= 11 is 0. The fourth-order valence-electron chi connectivity index (χ4n) is 7.67. The predicted octanol–water partition coefficient (Wildman–Crippen LogP) is 6.41. The fraction of sp³-hybridized carbons (Fsp3) is 0.303. The first-order valence-corrected chi connectivity index (χ1v) is 13.2. The number of Topliss-reactive ketones (excluding diaryl/α,β-unsaturated/α-hetero) is 1. The Bertz CT molecular complexity index is 1400. The molecule has 2 aliphatic carbocycles. The molecule has 1 aliphatic heterocycles. The summed E-state index contributed by atoms with van der Waals surface area (Å²) in [5.41, 5.74) is 4.25. The van der Waals surface area contributed by atoms with Crippen LogP contribution in [0.2, 0.25) is 0 Å². The number of benzene rings is 3. The lowest BCUT2D eigenvalue weighted by molar-refractivity contribution is -0.134. The Morgan fingerprint density at radius 3 is 1.54 bits per heavy atom. The van der Waals surface area contributed by atoms with E-state index >= 15 is 0 Å². The van der Waals surface area contributed by atoms with Crippen molar-refractivity contribution < 1.29 is 14.4 Å². The second kappa shape index (κ2) is 8.11. The number of carbonyl (C=O) groups is 3. The molecule has 2 amide bonds. The predicted molar refractivity (Wildman–Crippen MR) is 146 cm³/mol. The van der Waals surface area contributed by atoms with E-state index in [1.165, 1.54) is 4.90 Å². The summed E-state index contributed by atoms with van der Waals surface area (Å²) < 4.78 is 0. The van der Waals surface area contributed by atoms with Crippen molar-refractivity contribution in [2.24, 2.45) is 22.7 Å². The molecule has 4 heteroatoms.